The van der Waals surface area contributed by atoms with Gasteiger partial charge in [-0.1, -0.05) is 0 Å². The third kappa shape index (κ3) is 4.09. The van der Waals surface area contributed by atoms with Gasteiger partial charge in [-0.3, -0.25) is 4.57 Å². The fourth-order valence-electron chi connectivity index (χ4n) is 3.64. The monoisotopic (exact) mass is 454 g/mol. The molecule has 2 aliphatic rings. The first kappa shape index (κ1) is 15.0. The Morgan fingerprint density at radius 1 is 1.19 bits per heavy atom. The molecule has 3 N–H and O–H groups in total. The summed E-state index contributed by atoms with van der Waals surface area (Å²) in [5.74, 6) is -3.62. The van der Waals surface area contributed by atoms with E-state index in [-0.39, 0.29) is 35.7 Å². The van der Waals surface area contributed by atoms with E-state index in [0.29, 0.717) is 25.2 Å². The number of ether oxygens (including phenoxy) is 1. The molecule has 0 amide bonds. The number of aliphatic hydroxyl groups is 1. The molecule has 4 unspecified atom stereocenters. The van der Waals surface area contributed by atoms with Crippen LogP contribution in [0.1, 0.15) is 46.3 Å². The quantitative estimate of drug-likeness (QED) is 0.541. The predicted octanol–water partition coefficient (Wildman–Crippen LogP) is 3.66. The van der Waals surface area contributed by atoms with Gasteiger partial charge in [0.05, 0.1) is 26.3 Å². The Labute approximate surface area is 190 Å². The average molecular weight is 454 g/mol. The highest BCUT2D eigenvalue weighted by Gasteiger charge is 2.27. The van der Waals surface area contributed by atoms with Crippen LogP contribution in [0, 0.1) is 17.5 Å². The van der Waals surface area contributed by atoms with Gasteiger partial charge in [0, 0.05) is 31.6 Å². The number of hydrogen-bond donors (Lipinski definition) is 3. The largest absolute Gasteiger partial charge is 0.393 e. The van der Waals surface area contributed by atoms with E-state index >= 15 is 0 Å². The molecule has 1 aromatic carbocycles. The molecule has 4 atom stereocenters. The molecule has 1 saturated carbocycles. The van der Waals surface area contributed by atoms with Crippen LogP contribution in [0.15, 0.2) is 18.3 Å². The van der Waals surface area contributed by atoms with Crippen LogP contribution < -0.4 is 10.6 Å². The van der Waals surface area contributed by atoms with E-state index in [1.807, 2.05) is 0 Å². The summed E-state index contributed by atoms with van der Waals surface area (Å²) < 4.78 is 97.5. The summed E-state index contributed by atoms with van der Waals surface area (Å²) in [5.41, 5.74) is -0.244. The zero-order chi connectivity index (χ0) is 27.6. The summed E-state index contributed by atoms with van der Waals surface area (Å²) in [4.78, 5) is 12.8. The van der Waals surface area contributed by atoms with Gasteiger partial charge < -0.3 is 20.5 Å². The van der Waals surface area contributed by atoms with Gasteiger partial charge in [0.2, 0.25) is 11.9 Å². The molecule has 0 radical (unpaired) electrons. The maximum atomic E-state index is 14.4. The molecular formula is C21H23F3N6O2. The fraction of sp³-hybridized carbons (Fsp3) is 0.476. The van der Waals surface area contributed by atoms with Crippen molar-refractivity contribution in [1.82, 2.24) is 19.5 Å². The topological polar surface area (TPSA) is 97.1 Å². The molecule has 2 aromatic heterocycles. The van der Waals surface area contributed by atoms with E-state index in [4.69, 9.17) is 13.0 Å². The number of nitrogens with zero attached hydrogens (tertiary/aromatic N) is 4. The van der Waals surface area contributed by atoms with E-state index in [0.717, 1.165) is 0 Å². The summed E-state index contributed by atoms with van der Waals surface area (Å²) in [6, 6.07) is -0.697. The Bertz CT molecular complexity index is 1360. The Morgan fingerprint density at radius 2 is 2.00 bits per heavy atom. The lowest BCUT2D eigenvalue weighted by atomic mass is 9.93. The number of halogens is 3. The van der Waals surface area contributed by atoms with Gasteiger partial charge in [-0.05, 0) is 32.0 Å². The first-order valence-electron chi connectivity index (χ1n) is 13.0. The lowest BCUT2D eigenvalue weighted by Gasteiger charge is -2.26. The van der Waals surface area contributed by atoms with Gasteiger partial charge >= 0.3 is 0 Å². The minimum absolute atomic E-state index is 0.0267. The Hall–Kier alpha value is -2.92. The highest BCUT2D eigenvalue weighted by Crippen LogP contribution is 2.32. The normalized spacial score (nSPS) is 34.1. The molecule has 1 saturated heterocycles. The van der Waals surface area contributed by atoms with E-state index < -0.39 is 60.8 Å². The maximum absolute atomic E-state index is 14.4. The van der Waals surface area contributed by atoms with Crippen molar-refractivity contribution in [3.63, 3.8) is 0 Å². The van der Waals surface area contributed by atoms with E-state index in [1.54, 1.807) is 0 Å². The summed E-state index contributed by atoms with van der Waals surface area (Å²) in [5, 5.41) is 15.4. The number of benzene rings is 1. The number of imidazole rings is 1. The second-order valence-electron chi connectivity index (χ2n) is 7.37. The smallest absolute Gasteiger partial charge is 0.224 e. The molecule has 2 fully saturated rings. The first-order chi connectivity index (χ1) is 17.7. The second-order valence-corrected chi connectivity index (χ2v) is 7.37. The maximum Gasteiger partial charge on any atom is 0.224 e. The minimum atomic E-state index is -2.98. The van der Waals surface area contributed by atoms with Crippen LogP contribution in [0.5, 0.6) is 0 Å². The number of rotatable bonds is 5. The van der Waals surface area contributed by atoms with Crippen molar-refractivity contribution in [3.05, 3.63) is 35.8 Å². The van der Waals surface area contributed by atoms with Gasteiger partial charge in [0.25, 0.3) is 0 Å². The van der Waals surface area contributed by atoms with Crippen LogP contribution in [0.3, 0.4) is 0 Å². The predicted molar refractivity (Wildman–Crippen MR) is 111 cm³/mol. The molecule has 32 heavy (non-hydrogen) atoms. The SMILES string of the molecule is [2H]C1C([2H])([2H])C(Nc2ncc3nc(Nc4c(F)cc(F)cc4F)n(C4CCOC4)c3n2)CC([2H])([2H])C1([2H])O. The molecule has 3 aromatic rings. The molecule has 11 heteroatoms. The minimum Gasteiger partial charge on any atom is -0.393 e. The molecule has 0 spiro atoms. The average Bonchev–Trinajstić information content (AvgIpc) is 3.46. The van der Waals surface area contributed by atoms with Crippen molar-refractivity contribution in [2.75, 3.05) is 23.8 Å². The van der Waals surface area contributed by atoms with Crippen molar-refractivity contribution < 1.29 is 31.2 Å². The second kappa shape index (κ2) is 8.55. The van der Waals surface area contributed by atoms with Gasteiger partial charge in [0.15, 0.2) is 17.3 Å². The van der Waals surface area contributed by atoms with Crippen LogP contribution in [-0.2, 0) is 4.74 Å². The third-order valence-electron chi connectivity index (χ3n) is 5.16. The van der Waals surface area contributed by atoms with Crippen LogP contribution >= 0.6 is 0 Å². The summed E-state index contributed by atoms with van der Waals surface area (Å²) in [6.45, 7) is 0.632. The number of aromatic nitrogens is 4. The van der Waals surface area contributed by atoms with Crippen molar-refractivity contribution in [3.8, 4) is 0 Å². The zero-order valence-corrected chi connectivity index (χ0v) is 16.6. The molecule has 1 aliphatic carbocycles. The molecule has 3 heterocycles. The van der Waals surface area contributed by atoms with Crippen molar-refractivity contribution in [2.45, 2.75) is 50.1 Å². The van der Waals surface area contributed by atoms with Gasteiger partial charge in [-0.25, -0.2) is 23.1 Å². The third-order valence-corrected chi connectivity index (χ3v) is 5.16. The van der Waals surface area contributed by atoms with E-state index in [2.05, 4.69) is 25.6 Å². The van der Waals surface area contributed by atoms with Crippen LogP contribution in [0.25, 0.3) is 11.2 Å². The van der Waals surface area contributed by atoms with Crippen molar-refractivity contribution >= 4 is 28.7 Å². The van der Waals surface area contributed by atoms with E-state index in [9.17, 15) is 18.3 Å². The Morgan fingerprint density at radius 3 is 2.75 bits per heavy atom. The highest BCUT2D eigenvalue weighted by molar-refractivity contribution is 5.76. The highest BCUT2D eigenvalue weighted by atomic mass is 19.1. The number of hydrogen-bond acceptors (Lipinski definition) is 7. The lowest BCUT2D eigenvalue weighted by molar-refractivity contribution is 0.126. The Balaban J connectivity index is 1.53. The summed E-state index contributed by atoms with van der Waals surface area (Å²) in [6.07, 6.45) is -9.15. The zero-order valence-electron chi connectivity index (χ0n) is 22.6. The van der Waals surface area contributed by atoms with Gasteiger partial charge in [0.1, 0.15) is 17.0 Å². The Kier molecular flexibility index (Phi) is 4.01. The van der Waals surface area contributed by atoms with Crippen LogP contribution in [-0.4, -0.2) is 50.0 Å². The van der Waals surface area contributed by atoms with Crippen LogP contribution in [0.4, 0.5) is 30.8 Å². The molecule has 0 bridgehead atoms. The number of nitrogens with one attached hydrogen (secondary N) is 2. The number of anilines is 3. The van der Waals surface area contributed by atoms with Crippen molar-refractivity contribution in [1.29, 1.82) is 0 Å². The molecule has 8 nitrogen and oxygen atoms in total. The first-order valence-corrected chi connectivity index (χ1v) is 9.88. The standard InChI is InChI=1S/C21H23F3N6O2/c22-11-7-15(23)18(16(24)8-11)28-21-27-17-9-25-20(26-12-1-3-14(31)4-2-12)29-19(17)30(21)13-5-6-32-10-13/h7-9,12-14,31H,1-6,10H2,(H,27,28)(H,25,26,29)/i1D2,3D,4D2,14D. The fourth-order valence-corrected chi connectivity index (χ4v) is 3.64. The number of fused-ring (bicyclic) bond motifs is 1. The summed E-state index contributed by atoms with van der Waals surface area (Å²) in [7, 11) is 0. The molecule has 5 rings (SSSR count). The lowest BCUT2D eigenvalue weighted by Crippen LogP contribution is -2.29. The molecule has 170 valence electrons. The van der Waals surface area contributed by atoms with E-state index in [1.165, 1.54) is 10.8 Å². The van der Waals surface area contributed by atoms with Crippen molar-refractivity contribution in [2.24, 2.45) is 0 Å². The molecule has 1 aliphatic heterocycles. The summed E-state index contributed by atoms with van der Waals surface area (Å²) >= 11 is 0. The van der Waals surface area contributed by atoms with Gasteiger partial charge in [-0.2, -0.15) is 4.98 Å². The molecular weight excluding hydrogens is 425 g/mol. The van der Waals surface area contributed by atoms with Crippen LogP contribution in [0.2, 0.25) is 0 Å². The van der Waals surface area contributed by atoms with Gasteiger partial charge in [-0.15, -0.1) is 0 Å².